The lowest BCUT2D eigenvalue weighted by molar-refractivity contribution is -0.152. The molecule has 0 spiro atoms. The highest BCUT2D eigenvalue weighted by Gasteiger charge is 2.30. The van der Waals surface area contributed by atoms with Crippen LogP contribution in [0.5, 0.6) is 0 Å². The van der Waals surface area contributed by atoms with Gasteiger partial charge in [-0.25, -0.2) is 0 Å². The Labute approximate surface area is 85.3 Å². The molecule has 0 aromatic rings. The molecule has 0 bridgehead atoms. The number of unbranched alkanes of at least 4 members (excludes halogenated alkanes) is 1. The third-order valence-corrected chi connectivity index (χ3v) is 2.71. The van der Waals surface area contributed by atoms with Gasteiger partial charge in [-0.3, -0.25) is 4.18 Å². The highest BCUT2D eigenvalue weighted by atomic mass is 35.5. The molecule has 0 aromatic heterocycles. The molecule has 0 amide bonds. The van der Waals surface area contributed by atoms with Crippen LogP contribution in [0.4, 0.5) is 13.2 Å². The molecule has 0 aliphatic carbocycles. The maximum Gasteiger partial charge on any atom is 0.413 e. The third kappa shape index (κ3) is 8.58. The Morgan fingerprint density at radius 1 is 1.21 bits per heavy atom. The molecule has 0 heterocycles. The van der Waals surface area contributed by atoms with E-state index < -0.39 is 28.7 Å². The van der Waals surface area contributed by atoms with E-state index in [1.807, 2.05) is 0 Å². The van der Waals surface area contributed by atoms with Crippen LogP contribution in [0.15, 0.2) is 0 Å². The minimum absolute atomic E-state index is 0.198. The first-order valence-electron chi connectivity index (χ1n) is 3.77. The van der Waals surface area contributed by atoms with Gasteiger partial charge >= 0.3 is 6.18 Å². The first-order valence-corrected chi connectivity index (χ1v) is 5.88. The van der Waals surface area contributed by atoms with Crippen LogP contribution in [0.1, 0.15) is 12.8 Å². The first kappa shape index (κ1) is 14.0. The normalized spacial score (nSPS) is 13.1. The Balaban J connectivity index is 3.85. The fourth-order valence-electron chi connectivity index (χ4n) is 0.589. The van der Waals surface area contributed by atoms with E-state index in [2.05, 4.69) is 4.18 Å². The molecule has 3 nitrogen and oxygen atoms in total. The predicted molar refractivity (Wildman–Crippen MR) is 45.7 cm³/mol. The molecule has 0 radical (unpaired) electrons. The zero-order valence-electron chi connectivity index (χ0n) is 7.18. The summed E-state index contributed by atoms with van der Waals surface area (Å²) in [5.74, 6) is -0.162. The van der Waals surface area contributed by atoms with Crippen molar-refractivity contribution in [3.05, 3.63) is 0 Å². The maximum atomic E-state index is 11.6. The second-order valence-corrected chi connectivity index (χ2v) is 4.67. The molecule has 0 N–H and O–H groups in total. The van der Waals surface area contributed by atoms with E-state index in [0.29, 0.717) is 6.42 Å². The summed E-state index contributed by atoms with van der Waals surface area (Å²) in [5.41, 5.74) is 0. The van der Waals surface area contributed by atoms with Crippen molar-refractivity contribution in [2.24, 2.45) is 0 Å². The lowest BCUT2D eigenvalue weighted by atomic mass is 10.4. The van der Waals surface area contributed by atoms with Crippen molar-refractivity contribution in [1.29, 1.82) is 0 Å². The van der Waals surface area contributed by atoms with Crippen LogP contribution in [-0.4, -0.2) is 32.8 Å². The SMILES string of the molecule is O=S(=O)(CCCCCl)OCC(F)(F)F. The number of hydrogen-bond donors (Lipinski definition) is 0. The molecule has 86 valence electrons. The summed E-state index contributed by atoms with van der Waals surface area (Å²) in [6.07, 6.45) is -4.00. The van der Waals surface area contributed by atoms with Crippen molar-refractivity contribution in [2.45, 2.75) is 19.0 Å². The fraction of sp³-hybridized carbons (Fsp3) is 1.00. The van der Waals surface area contributed by atoms with Crippen molar-refractivity contribution >= 4 is 21.7 Å². The van der Waals surface area contributed by atoms with Crippen molar-refractivity contribution in [3.8, 4) is 0 Å². The van der Waals surface area contributed by atoms with Crippen molar-refractivity contribution in [3.63, 3.8) is 0 Å². The Hall–Kier alpha value is -0.0100. The van der Waals surface area contributed by atoms with Crippen LogP contribution in [-0.2, 0) is 14.3 Å². The Bertz CT molecular complexity index is 250. The molecule has 14 heavy (non-hydrogen) atoms. The summed E-state index contributed by atoms with van der Waals surface area (Å²) >= 11 is 5.26. The van der Waals surface area contributed by atoms with Gasteiger partial charge in [0.15, 0.2) is 6.61 Å². The summed E-state index contributed by atoms with van der Waals surface area (Å²) in [7, 11) is -4.07. The number of hydrogen-bond acceptors (Lipinski definition) is 3. The molecule has 0 aromatic carbocycles. The van der Waals surface area contributed by atoms with Crippen LogP contribution in [0.25, 0.3) is 0 Å². The Kier molecular flexibility index (Phi) is 5.77. The second kappa shape index (κ2) is 5.77. The molecule has 8 heteroatoms. The van der Waals surface area contributed by atoms with Gasteiger partial charge in [0, 0.05) is 5.88 Å². The van der Waals surface area contributed by atoms with E-state index in [9.17, 15) is 21.6 Å². The Morgan fingerprint density at radius 2 is 1.79 bits per heavy atom. The van der Waals surface area contributed by atoms with Gasteiger partial charge in [0.25, 0.3) is 10.1 Å². The molecular weight excluding hydrogens is 245 g/mol. The first-order chi connectivity index (χ1) is 6.27. The van der Waals surface area contributed by atoms with Crippen LogP contribution in [0.3, 0.4) is 0 Å². The molecule has 0 aliphatic rings. The average Bonchev–Trinajstić information content (AvgIpc) is 2.00. The van der Waals surface area contributed by atoms with Gasteiger partial charge in [-0.1, -0.05) is 0 Å². The Morgan fingerprint density at radius 3 is 2.21 bits per heavy atom. The fourth-order valence-corrected chi connectivity index (χ4v) is 1.77. The molecule has 0 saturated heterocycles. The van der Waals surface area contributed by atoms with Gasteiger partial charge in [-0.05, 0) is 12.8 Å². The van der Waals surface area contributed by atoms with Gasteiger partial charge < -0.3 is 0 Å². The average molecular weight is 255 g/mol. The standard InChI is InChI=1S/C6H10ClF3O3S/c7-3-1-2-4-14(11,12)13-5-6(8,9)10/h1-5H2. The molecular formula is C6H10ClF3O3S. The highest BCUT2D eigenvalue weighted by Crippen LogP contribution is 2.16. The predicted octanol–water partition coefficient (Wildman–Crippen LogP) is 1.91. The number of rotatable bonds is 6. The quantitative estimate of drug-likeness (QED) is 0.413. The van der Waals surface area contributed by atoms with E-state index >= 15 is 0 Å². The lowest BCUT2D eigenvalue weighted by Gasteiger charge is -2.07. The van der Waals surface area contributed by atoms with Gasteiger partial charge in [0.2, 0.25) is 0 Å². The summed E-state index contributed by atoms with van der Waals surface area (Å²) in [6.45, 7) is -1.77. The topological polar surface area (TPSA) is 43.4 Å². The smallest absolute Gasteiger partial charge is 0.261 e. The van der Waals surface area contributed by atoms with Crippen molar-refractivity contribution < 1.29 is 25.8 Å². The van der Waals surface area contributed by atoms with Crippen LogP contribution >= 0.6 is 11.6 Å². The summed E-state index contributed by atoms with van der Waals surface area (Å²) in [4.78, 5) is 0. The minimum Gasteiger partial charge on any atom is -0.261 e. The monoisotopic (exact) mass is 254 g/mol. The van der Waals surface area contributed by atoms with Crippen molar-refractivity contribution in [1.82, 2.24) is 0 Å². The number of alkyl halides is 4. The molecule has 0 unspecified atom stereocenters. The van der Waals surface area contributed by atoms with E-state index in [1.165, 1.54) is 0 Å². The zero-order valence-corrected chi connectivity index (χ0v) is 8.75. The van der Waals surface area contributed by atoms with Crippen LogP contribution in [0.2, 0.25) is 0 Å². The van der Waals surface area contributed by atoms with E-state index in [4.69, 9.17) is 11.6 Å². The summed E-state index contributed by atoms with van der Waals surface area (Å²) in [5, 5.41) is 0. The zero-order chi connectivity index (χ0) is 11.2. The minimum atomic E-state index is -4.63. The maximum absolute atomic E-state index is 11.6. The van der Waals surface area contributed by atoms with E-state index in [0.717, 1.165) is 0 Å². The van der Waals surface area contributed by atoms with Crippen LogP contribution in [0, 0.1) is 0 Å². The highest BCUT2D eigenvalue weighted by molar-refractivity contribution is 7.86. The van der Waals surface area contributed by atoms with Crippen LogP contribution < -0.4 is 0 Å². The molecule has 0 saturated carbocycles. The molecule has 0 aliphatic heterocycles. The summed E-state index contributed by atoms with van der Waals surface area (Å²) in [6, 6.07) is 0. The van der Waals surface area contributed by atoms with Gasteiger partial charge in [-0.15, -0.1) is 11.6 Å². The van der Waals surface area contributed by atoms with E-state index in [1.54, 1.807) is 0 Å². The number of halogens is 4. The van der Waals surface area contributed by atoms with Crippen molar-refractivity contribution in [2.75, 3.05) is 18.2 Å². The third-order valence-electron chi connectivity index (χ3n) is 1.18. The molecule has 0 fully saturated rings. The largest absolute Gasteiger partial charge is 0.413 e. The van der Waals surface area contributed by atoms with Gasteiger partial charge in [-0.2, -0.15) is 21.6 Å². The van der Waals surface area contributed by atoms with Gasteiger partial charge in [0.1, 0.15) is 0 Å². The summed E-state index contributed by atoms with van der Waals surface area (Å²) < 4.78 is 60.0. The van der Waals surface area contributed by atoms with E-state index in [-0.39, 0.29) is 12.3 Å². The van der Waals surface area contributed by atoms with Gasteiger partial charge in [0.05, 0.1) is 5.75 Å². The second-order valence-electron chi connectivity index (χ2n) is 2.54. The molecule has 0 rings (SSSR count). The molecule has 0 atom stereocenters. The lowest BCUT2D eigenvalue weighted by Crippen LogP contribution is -2.22.